The van der Waals surface area contributed by atoms with E-state index >= 15 is 0 Å². The van der Waals surface area contributed by atoms with Crippen molar-refractivity contribution < 1.29 is 5.11 Å². The number of pyridine rings is 2. The van der Waals surface area contributed by atoms with Gasteiger partial charge in [-0.2, -0.15) is 5.26 Å². The van der Waals surface area contributed by atoms with Gasteiger partial charge in [-0.25, -0.2) is 4.98 Å². The Labute approximate surface area is 78.3 Å². The van der Waals surface area contributed by atoms with E-state index in [1.54, 1.807) is 0 Å². The lowest BCUT2D eigenvalue weighted by molar-refractivity contribution is 0.479. The summed E-state index contributed by atoms with van der Waals surface area (Å²) in [5.41, 5.74) is 0.430. The van der Waals surface area contributed by atoms with Gasteiger partial charge < -0.3 is 10.1 Å². The minimum atomic E-state index is -0.401. The van der Waals surface area contributed by atoms with Gasteiger partial charge in [0.15, 0.2) is 0 Å². The summed E-state index contributed by atoms with van der Waals surface area (Å²) in [6.45, 7) is 0. The highest BCUT2D eigenvalue weighted by molar-refractivity contribution is 5.80. The summed E-state index contributed by atoms with van der Waals surface area (Å²) in [7, 11) is 0. The topological polar surface area (TPSA) is 89.8 Å². The molecule has 0 fully saturated rings. The monoisotopic (exact) mass is 187 g/mol. The molecule has 0 aromatic carbocycles. The number of nitrogens with zero attached hydrogens (tertiary/aromatic N) is 2. The summed E-state index contributed by atoms with van der Waals surface area (Å²) in [4.78, 5) is 17.3. The second kappa shape index (κ2) is 2.85. The van der Waals surface area contributed by atoms with Crippen molar-refractivity contribution in [3.05, 3.63) is 34.2 Å². The molecule has 5 heteroatoms. The molecule has 0 unspecified atom stereocenters. The predicted molar refractivity (Wildman–Crippen MR) is 48.7 cm³/mol. The average molecular weight is 187 g/mol. The Morgan fingerprint density at radius 1 is 1.50 bits per heavy atom. The van der Waals surface area contributed by atoms with E-state index in [2.05, 4.69) is 9.97 Å². The van der Waals surface area contributed by atoms with Crippen LogP contribution in [-0.4, -0.2) is 15.1 Å². The van der Waals surface area contributed by atoms with Crippen molar-refractivity contribution in [3.8, 4) is 11.8 Å². The number of nitrogens with one attached hydrogen (secondary N) is 1. The predicted octanol–water partition coefficient (Wildman–Crippen LogP) is 0.500. The number of aromatic amines is 1. The van der Waals surface area contributed by atoms with Crippen molar-refractivity contribution in [2.75, 3.05) is 0 Å². The maximum Gasteiger partial charge on any atom is 0.252 e. The maximum absolute atomic E-state index is 11.0. The lowest BCUT2D eigenvalue weighted by atomic mass is 10.2. The molecule has 5 nitrogen and oxygen atoms in total. The highest BCUT2D eigenvalue weighted by Crippen LogP contribution is 2.17. The van der Waals surface area contributed by atoms with Gasteiger partial charge in [0.1, 0.15) is 23.0 Å². The molecule has 2 N–H and O–H groups in total. The van der Waals surface area contributed by atoms with Crippen LogP contribution in [0.3, 0.4) is 0 Å². The largest absolute Gasteiger partial charge is 0.505 e. The standard InChI is InChI=1S/C9H5N3O2/c10-4-5-1-2-6-9(11-5)7(13)3-8(14)12-6/h1-3H,(H2,12,13,14). The minimum absolute atomic E-state index is 0.194. The third-order valence-electron chi connectivity index (χ3n) is 1.78. The van der Waals surface area contributed by atoms with Crippen LogP contribution in [0.4, 0.5) is 0 Å². The Morgan fingerprint density at radius 3 is 3.00 bits per heavy atom. The molecule has 0 aliphatic heterocycles. The van der Waals surface area contributed by atoms with Gasteiger partial charge in [-0.1, -0.05) is 0 Å². The van der Waals surface area contributed by atoms with Gasteiger partial charge in [0.25, 0.3) is 5.56 Å². The zero-order valence-corrected chi connectivity index (χ0v) is 6.98. The highest BCUT2D eigenvalue weighted by atomic mass is 16.3. The summed E-state index contributed by atoms with van der Waals surface area (Å²) in [6.07, 6.45) is 0. The maximum atomic E-state index is 11.0. The molecule has 0 bridgehead atoms. The normalized spacial score (nSPS) is 9.93. The molecule has 0 radical (unpaired) electrons. The smallest absolute Gasteiger partial charge is 0.252 e. The van der Waals surface area contributed by atoms with E-state index in [1.165, 1.54) is 12.1 Å². The zero-order chi connectivity index (χ0) is 10.1. The van der Waals surface area contributed by atoms with Crippen LogP contribution in [0.2, 0.25) is 0 Å². The van der Waals surface area contributed by atoms with Gasteiger partial charge in [-0.05, 0) is 12.1 Å². The Balaban J connectivity index is 2.90. The molecule has 2 heterocycles. The molecule has 0 atom stereocenters. The van der Waals surface area contributed by atoms with E-state index in [-0.39, 0.29) is 17.0 Å². The fourth-order valence-corrected chi connectivity index (χ4v) is 1.18. The van der Waals surface area contributed by atoms with Crippen molar-refractivity contribution >= 4 is 11.0 Å². The molecule has 68 valence electrons. The van der Waals surface area contributed by atoms with Crippen LogP contribution in [0.15, 0.2) is 23.0 Å². The van der Waals surface area contributed by atoms with Gasteiger partial charge in [0.2, 0.25) is 0 Å². The lowest BCUT2D eigenvalue weighted by Gasteiger charge is -1.98. The first-order chi connectivity index (χ1) is 6.70. The Bertz CT molecular complexity index is 595. The summed E-state index contributed by atoms with van der Waals surface area (Å²) in [5, 5.41) is 18.0. The van der Waals surface area contributed by atoms with Gasteiger partial charge >= 0.3 is 0 Å². The number of fused-ring (bicyclic) bond motifs is 1. The molecule has 0 spiro atoms. The highest BCUT2D eigenvalue weighted by Gasteiger charge is 2.03. The molecule has 0 aliphatic carbocycles. The molecule has 0 saturated heterocycles. The van der Waals surface area contributed by atoms with Crippen LogP contribution >= 0.6 is 0 Å². The summed E-state index contributed by atoms with van der Waals surface area (Å²) in [5.74, 6) is -0.221. The van der Waals surface area contributed by atoms with Crippen LogP contribution in [0.5, 0.6) is 5.75 Å². The molecular formula is C9H5N3O2. The Hall–Kier alpha value is -2.35. The van der Waals surface area contributed by atoms with E-state index in [0.717, 1.165) is 6.07 Å². The number of H-pyrrole nitrogens is 1. The first-order valence-electron chi connectivity index (χ1n) is 3.84. The second-order valence-corrected chi connectivity index (χ2v) is 2.72. The van der Waals surface area contributed by atoms with E-state index in [1.807, 2.05) is 6.07 Å². The quantitative estimate of drug-likeness (QED) is 0.628. The number of aromatic nitrogens is 2. The number of hydrogen-bond donors (Lipinski definition) is 2. The molecule has 14 heavy (non-hydrogen) atoms. The van der Waals surface area contributed by atoms with Crippen molar-refractivity contribution in [3.63, 3.8) is 0 Å². The number of aromatic hydroxyl groups is 1. The van der Waals surface area contributed by atoms with Crippen LogP contribution in [0, 0.1) is 11.3 Å². The van der Waals surface area contributed by atoms with Crippen LogP contribution in [-0.2, 0) is 0 Å². The molecule has 0 saturated carbocycles. The molecular weight excluding hydrogens is 182 g/mol. The number of hydrogen-bond acceptors (Lipinski definition) is 4. The molecule has 0 amide bonds. The Kier molecular flexibility index (Phi) is 1.68. The minimum Gasteiger partial charge on any atom is -0.505 e. The van der Waals surface area contributed by atoms with Crippen molar-refractivity contribution in [2.24, 2.45) is 0 Å². The summed E-state index contributed by atoms with van der Waals surface area (Å²) in [6, 6.07) is 5.87. The molecule has 2 rings (SSSR count). The first kappa shape index (κ1) is 8.26. The second-order valence-electron chi connectivity index (χ2n) is 2.72. The third kappa shape index (κ3) is 1.19. The lowest BCUT2D eigenvalue weighted by Crippen LogP contribution is -2.03. The van der Waals surface area contributed by atoms with Crippen molar-refractivity contribution in [1.29, 1.82) is 5.26 Å². The summed E-state index contributed by atoms with van der Waals surface area (Å²) < 4.78 is 0. The zero-order valence-electron chi connectivity index (χ0n) is 6.98. The fraction of sp³-hybridized carbons (Fsp3) is 0. The van der Waals surface area contributed by atoms with E-state index in [9.17, 15) is 9.90 Å². The molecule has 2 aromatic rings. The Morgan fingerprint density at radius 2 is 2.29 bits per heavy atom. The van der Waals surface area contributed by atoms with Crippen LogP contribution in [0.25, 0.3) is 11.0 Å². The third-order valence-corrected chi connectivity index (χ3v) is 1.78. The first-order valence-corrected chi connectivity index (χ1v) is 3.84. The van der Waals surface area contributed by atoms with Gasteiger partial charge in [-0.3, -0.25) is 4.79 Å². The van der Waals surface area contributed by atoms with Gasteiger partial charge in [-0.15, -0.1) is 0 Å². The average Bonchev–Trinajstić information content (AvgIpc) is 2.17. The number of nitriles is 1. The number of rotatable bonds is 0. The summed E-state index contributed by atoms with van der Waals surface area (Å²) >= 11 is 0. The van der Waals surface area contributed by atoms with Crippen LogP contribution < -0.4 is 5.56 Å². The SMILES string of the molecule is N#Cc1ccc2[nH]c(=O)cc(O)c2n1. The fourth-order valence-electron chi connectivity index (χ4n) is 1.18. The van der Waals surface area contributed by atoms with E-state index < -0.39 is 5.56 Å². The van der Waals surface area contributed by atoms with Crippen molar-refractivity contribution in [1.82, 2.24) is 9.97 Å². The molecule has 2 aromatic heterocycles. The van der Waals surface area contributed by atoms with Gasteiger partial charge in [0.05, 0.1) is 5.52 Å². The van der Waals surface area contributed by atoms with Gasteiger partial charge in [0, 0.05) is 6.07 Å². The van der Waals surface area contributed by atoms with Crippen LogP contribution in [0.1, 0.15) is 5.69 Å². The van der Waals surface area contributed by atoms with E-state index in [0.29, 0.717) is 5.52 Å². The van der Waals surface area contributed by atoms with Crippen molar-refractivity contribution in [2.45, 2.75) is 0 Å². The molecule has 0 aliphatic rings. The van der Waals surface area contributed by atoms with E-state index in [4.69, 9.17) is 5.26 Å².